The molecular weight excluding hydrogens is 401 g/mol. The van der Waals surface area contributed by atoms with Gasteiger partial charge in [-0.2, -0.15) is 0 Å². The first-order valence-corrected chi connectivity index (χ1v) is 9.70. The summed E-state index contributed by atoms with van der Waals surface area (Å²) in [4.78, 5) is 16.2. The largest absolute Gasteiger partial charge is 0.573 e. The van der Waals surface area contributed by atoms with Gasteiger partial charge in [0, 0.05) is 31.2 Å². The van der Waals surface area contributed by atoms with Crippen LogP contribution in [0.1, 0.15) is 33.3 Å². The fourth-order valence-electron chi connectivity index (χ4n) is 2.55. The van der Waals surface area contributed by atoms with Gasteiger partial charge < -0.3 is 25.8 Å². The molecular formula is C20H31F3N4O3. The van der Waals surface area contributed by atoms with Crippen molar-refractivity contribution in [2.24, 2.45) is 10.9 Å². The second-order valence-corrected chi connectivity index (χ2v) is 7.82. The minimum Gasteiger partial charge on any atom is -0.406 e. The van der Waals surface area contributed by atoms with Crippen molar-refractivity contribution in [3.8, 4) is 5.75 Å². The number of hydrogen-bond acceptors (Lipinski definition) is 4. The molecule has 0 aliphatic carbocycles. The highest BCUT2D eigenvalue weighted by Crippen LogP contribution is 2.23. The summed E-state index contributed by atoms with van der Waals surface area (Å²) in [5, 5.41) is 18.6. The number of benzene rings is 1. The maximum absolute atomic E-state index is 12.2. The number of aliphatic imine (C=N–C) groups is 1. The number of guanidine groups is 1. The predicted molar refractivity (Wildman–Crippen MR) is 109 cm³/mol. The lowest BCUT2D eigenvalue weighted by atomic mass is 10.00. The molecule has 0 aromatic heterocycles. The van der Waals surface area contributed by atoms with Gasteiger partial charge in [0.1, 0.15) is 12.3 Å². The van der Waals surface area contributed by atoms with Crippen LogP contribution in [0.5, 0.6) is 5.75 Å². The Morgan fingerprint density at radius 3 is 2.30 bits per heavy atom. The number of alkyl halides is 3. The molecule has 170 valence electrons. The number of carbonyl (C=O) groups is 1. The Balaban J connectivity index is 2.62. The maximum atomic E-state index is 12.2. The fraction of sp³-hybridized carbons (Fsp3) is 0.600. The molecule has 1 unspecified atom stereocenters. The predicted octanol–water partition coefficient (Wildman–Crippen LogP) is 2.21. The third kappa shape index (κ3) is 11.5. The van der Waals surface area contributed by atoms with Gasteiger partial charge in [0.2, 0.25) is 5.91 Å². The van der Waals surface area contributed by atoms with Crippen molar-refractivity contribution in [1.82, 2.24) is 16.0 Å². The van der Waals surface area contributed by atoms with E-state index in [1.165, 1.54) is 24.3 Å². The molecule has 0 heterocycles. The number of ether oxygens (including phenoxy) is 1. The number of amides is 1. The van der Waals surface area contributed by atoms with Crippen LogP contribution < -0.4 is 20.7 Å². The third-order valence-corrected chi connectivity index (χ3v) is 3.74. The number of aliphatic hydroxyl groups is 1. The van der Waals surface area contributed by atoms with Gasteiger partial charge in [-0.25, -0.2) is 4.99 Å². The first-order chi connectivity index (χ1) is 13.9. The lowest BCUT2D eigenvalue weighted by Crippen LogP contribution is -2.44. The van der Waals surface area contributed by atoms with Crippen LogP contribution in [0.3, 0.4) is 0 Å². The van der Waals surface area contributed by atoms with Gasteiger partial charge in [0.15, 0.2) is 5.96 Å². The topological polar surface area (TPSA) is 95.0 Å². The van der Waals surface area contributed by atoms with Crippen LogP contribution in [-0.4, -0.2) is 55.1 Å². The number of halogens is 3. The van der Waals surface area contributed by atoms with Crippen molar-refractivity contribution in [2.45, 2.75) is 46.0 Å². The lowest BCUT2D eigenvalue weighted by Gasteiger charge is -2.20. The average molecular weight is 432 g/mol. The number of nitrogens with zero attached hydrogens (tertiary/aromatic N) is 1. The molecule has 0 bridgehead atoms. The summed E-state index contributed by atoms with van der Waals surface area (Å²) < 4.78 is 40.6. The van der Waals surface area contributed by atoms with E-state index in [-0.39, 0.29) is 36.3 Å². The number of hydrogen-bond donors (Lipinski definition) is 4. The number of aliphatic hydroxyl groups excluding tert-OH is 1. The van der Waals surface area contributed by atoms with Crippen LogP contribution in [0.2, 0.25) is 0 Å². The van der Waals surface area contributed by atoms with E-state index in [9.17, 15) is 23.1 Å². The van der Waals surface area contributed by atoms with Crippen molar-refractivity contribution in [3.05, 3.63) is 29.8 Å². The summed E-state index contributed by atoms with van der Waals surface area (Å²) in [7, 11) is 0. The Bertz CT molecular complexity index is 686. The van der Waals surface area contributed by atoms with Gasteiger partial charge in [-0.15, -0.1) is 13.2 Å². The minimum atomic E-state index is -4.73. The van der Waals surface area contributed by atoms with E-state index in [0.717, 1.165) is 5.56 Å². The quantitative estimate of drug-likeness (QED) is 0.355. The maximum Gasteiger partial charge on any atom is 0.573 e. The van der Waals surface area contributed by atoms with Crippen molar-refractivity contribution >= 4 is 11.9 Å². The van der Waals surface area contributed by atoms with E-state index in [2.05, 4.69) is 25.7 Å². The van der Waals surface area contributed by atoms with Crippen molar-refractivity contribution < 1.29 is 27.8 Å². The zero-order chi connectivity index (χ0) is 22.8. The molecule has 7 nitrogen and oxygen atoms in total. The Kier molecular flexibility index (Phi) is 9.91. The van der Waals surface area contributed by atoms with Gasteiger partial charge in [0.05, 0.1) is 0 Å². The van der Waals surface area contributed by atoms with E-state index < -0.39 is 6.36 Å². The molecule has 0 radical (unpaired) electrons. The Labute approximate surface area is 175 Å². The van der Waals surface area contributed by atoms with Crippen molar-refractivity contribution in [1.29, 1.82) is 0 Å². The first kappa shape index (κ1) is 25.5. The molecule has 1 aromatic rings. The van der Waals surface area contributed by atoms with E-state index in [1.807, 2.05) is 27.7 Å². The molecule has 0 spiro atoms. The molecule has 0 fully saturated rings. The average Bonchev–Trinajstić information content (AvgIpc) is 2.61. The molecule has 1 aromatic carbocycles. The van der Waals surface area contributed by atoms with E-state index in [1.54, 1.807) is 0 Å². The van der Waals surface area contributed by atoms with Gasteiger partial charge >= 0.3 is 6.36 Å². The molecule has 1 amide bonds. The van der Waals surface area contributed by atoms with E-state index in [4.69, 9.17) is 0 Å². The highest BCUT2D eigenvalue weighted by atomic mass is 19.4. The molecule has 1 rings (SSSR count). The number of carbonyl (C=O) groups excluding carboxylic acids is 1. The normalized spacial score (nSPS) is 13.5. The SMILES string of the molecule is CCNC(=NCC(=O)NC(C)(C)C)NCC(CO)Cc1ccc(OC(F)(F)F)cc1. The highest BCUT2D eigenvalue weighted by Gasteiger charge is 2.31. The summed E-state index contributed by atoms with van der Waals surface area (Å²) in [5.74, 6) is -0.264. The summed E-state index contributed by atoms with van der Waals surface area (Å²) in [6.07, 6.45) is -4.29. The summed E-state index contributed by atoms with van der Waals surface area (Å²) >= 11 is 0. The van der Waals surface area contributed by atoms with Crippen molar-refractivity contribution in [3.63, 3.8) is 0 Å². The van der Waals surface area contributed by atoms with Gasteiger partial charge in [-0.1, -0.05) is 12.1 Å². The van der Waals surface area contributed by atoms with Gasteiger partial charge in [-0.3, -0.25) is 4.79 Å². The van der Waals surface area contributed by atoms with Gasteiger partial charge in [0.25, 0.3) is 0 Å². The standard InChI is InChI=1S/C20H31F3N4O3/c1-5-24-18(26-12-17(29)27-19(2,3)4)25-11-15(13-28)10-14-6-8-16(9-7-14)30-20(21,22)23/h6-9,15,28H,5,10-13H2,1-4H3,(H,27,29)(H2,24,25,26). The second kappa shape index (κ2) is 11.6. The Morgan fingerprint density at radius 2 is 1.80 bits per heavy atom. The highest BCUT2D eigenvalue weighted by molar-refractivity contribution is 5.85. The van der Waals surface area contributed by atoms with Crippen LogP contribution in [0.4, 0.5) is 13.2 Å². The van der Waals surface area contributed by atoms with Crippen LogP contribution in [-0.2, 0) is 11.2 Å². The Hall–Kier alpha value is -2.49. The zero-order valence-electron chi connectivity index (χ0n) is 17.8. The van der Waals surface area contributed by atoms with Crippen LogP contribution >= 0.6 is 0 Å². The van der Waals surface area contributed by atoms with Crippen LogP contribution in [0.25, 0.3) is 0 Å². The van der Waals surface area contributed by atoms with E-state index >= 15 is 0 Å². The molecule has 0 saturated carbocycles. The first-order valence-electron chi connectivity index (χ1n) is 9.70. The second-order valence-electron chi connectivity index (χ2n) is 7.82. The molecule has 0 aliphatic rings. The molecule has 0 saturated heterocycles. The molecule has 4 N–H and O–H groups in total. The monoisotopic (exact) mass is 432 g/mol. The van der Waals surface area contributed by atoms with Crippen LogP contribution in [0.15, 0.2) is 29.3 Å². The lowest BCUT2D eigenvalue weighted by molar-refractivity contribution is -0.274. The minimum absolute atomic E-state index is 0.0446. The van der Waals surface area contributed by atoms with Crippen LogP contribution in [0, 0.1) is 5.92 Å². The molecule has 1 atom stereocenters. The molecule has 0 aliphatic heterocycles. The van der Waals surface area contributed by atoms with Gasteiger partial charge in [-0.05, 0) is 51.8 Å². The smallest absolute Gasteiger partial charge is 0.406 e. The fourth-order valence-corrected chi connectivity index (χ4v) is 2.55. The summed E-state index contributed by atoms with van der Waals surface area (Å²) in [5.41, 5.74) is 0.415. The molecule has 30 heavy (non-hydrogen) atoms. The molecule has 10 heteroatoms. The zero-order valence-corrected chi connectivity index (χ0v) is 17.8. The Morgan fingerprint density at radius 1 is 1.17 bits per heavy atom. The number of rotatable bonds is 9. The summed E-state index contributed by atoms with van der Waals surface area (Å²) in [6.45, 7) is 8.32. The number of nitrogens with one attached hydrogen (secondary N) is 3. The van der Waals surface area contributed by atoms with Crippen molar-refractivity contribution in [2.75, 3.05) is 26.2 Å². The third-order valence-electron chi connectivity index (χ3n) is 3.74. The van der Waals surface area contributed by atoms with E-state index in [0.29, 0.717) is 25.5 Å². The summed E-state index contributed by atoms with van der Waals surface area (Å²) in [6, 6.07) is 5.54.